The summed E-state index contributed by atoms with van der Waals surface area (Å²) in [4.78, 5) is 0. The van der Waals surface area contributed by atoms with Crippen molar-refractivity contribution in [3.05, 3.63) is 23.5 Å². The van der Waals surface area contributed by atoms with Crippen LogP contribution in [-0.2, 0) is 4.74 Å². The van der Waals surface area contributed by atoms with Crippen LogP contribution < -0.4 is 5.73 Å². The van der Waals surface area contributed by atoms with Crippen molar-refractivity contribution in [3.8, 4) is 0 Å². The van der Waals surface area contributed by atoms with E-state index in [0.29, 0.717) is 6.54 Å². The minimum absolute atomic E-state index is 0.608. The minimum atomic E-state index is 0.608. The van der Waals surface area contributed by atoms with Crippen molar-refractivity contribution in [2.75, 3.05) is 13.7 Å². The van der Waals surface area contributed by atoms with Crippen molar-refractivity contribution in [3.63, 3.8) is 0 Å². The highest BCUT2D eigenvalue weighted by atomic mass is 16.5. The third-order valence-corrected chi connectivity index (χ3v) is 1.49. The first kappa shape index (κ1) is 10.2. The number of hydrogen-bond donors (Lipinski definition) is 1. The molecule has 64 valence electrons. The molecule has 2 heteroatoms. The molecule has 0 unspecified atom stereocenters. The number of ether oxygens (including phenoxy) is 1. The van der Waals surface area contributed by atoms with E-state index in [1.807, 2.05) is 19.1 Å². The van der Waals surface area contributed by atoms with E-state index < -0.39 is 0 Å². The van der Waals surface area contributed by atoms with Crippen molar-refractivity contribution in [2.45, 2.75) is 20.3 Å². The molecule has 2 N–H and O–H groups in total. The highest BCUT2D eigenvalue weighted by Crippen LogP contribution is 2.01. The lowest BCUT2D eigenvalue weighted by Crippen LogP contribution is -1.99. The summed E-state index contributed by atoms with van der Waals surface area (Å²) in [7, 11) is 1.68. The lowest BCUT2D eigenvalue weighted by Gasteiger charge is -2.00. The molecule has 0 aromatic rings. The maximum Gasteiger partial charge on any atom is 0.0952 e. The molecule has 0 saturated heterocycles. The number of nitrogens with two attached hydrogens (primary N) is 1. The Kier molecular flexibility index (Phi) is 5.57. The van der Waals surface area contributed by atoms with Crippen LogP contribution in [0.2, 0.25) is 0 Å². The predicted molar refractivity (Wildman–Crippen MR) is 48.2 cm³/mol. The lowest BCUT2D eigenvalue weighted by atomic mass is 10.2. The summed E-state index contributed by atoms with van der Waals surface area (Å²) < 4.78 is 5.07. The molecule has 0 aromatic carbocycles. The molecule has 2 nitrogen and oxygen atoms in total. The molecule has 0 saturated carbocycles. The van der Waals surface area contributed by atoms with Gasteiger partial charge in [-0.2, -0.15) is 0 Å². The second-order valence-electron chi connectivity index (χ2n) is 2.41. The van der Waals surface area contributed by atoms with Gasteiger partial charge in [0.1, 0.15) is 0 Å². The summed E-state index contributed by atoms with van der Waals surface area (Å²) in [5, 5.41) is 0. The average molecular weight is 155 g/mol. The molecular formula is C9H17NO. The zero-order valence-electron chi connectivity index (χ0n) is 7.55. The Hall–Kier alpha value is -0.760. The Bertz CT molecular complexity index is 153. The van der Waals surface area contributed by atoms with Crippen LogP contribution in [0.5, 0.6) is 0 Å². The zero-order chi connectivity index (χ0) is 8.69. The van der Waals surface area contributed by atoms with Crippen molar-refractivity contribution < 1.29 is 4.74 Å². The van der Waals surface area contributed by atoms with Gasteiger partial charge in [0, 0.05) is 13.0 Å². The van der Waals surface area contributed by atoms with E-state index >= 15 is 0 Å². The van der Waals surface area contributed by atoms with Crippen LogP contribution in [-0.4, -0.2) is 13.7 Å². The predicted octanol–water partition coefficient (Wildman–Crippen LogP) is 1.83. The summed E-state index contributed by atoms with van der Waals surface area (Å²) in [6.07, 6.45) is 4.87. The molecular weight excluding hydrogens is 138 g/mol. The first-order valence-corrected chi connectivity index (χ1v) is 3.85. The Morgan fingerprint density at radius 1 is 1.45 bits per heavy atom. The van der Waals surface area contributed by atoms with E-state index in [2.05, 4.69) is 6.92 Å². The van der Waals surface area contributed by atoms with Crippen molar-refractivity contribution in [1.82, 2.24) is 0 Å². The van der Waals surface area contributed by atoms with Crippen molar-refractivity contribution in [2.24, 2.45) is 5.73 Å². The summed E-state index contributed by atoms with van der Waals surface area (Å²) in [5.41, 5.74) is 6.56. The second kappa shape index (κ2) is 5.98. The van der Waals surface area contributed by atoms with Crippen LogP contribution in [0.4, 0.5) is 0 Å². The Morgan fingerprint density at radius 3 is 2.45 bits per heavy atom. The van der Waals surface area contributed by atoms with E-state index in [9.17, 15) is 0 Å². The smallest absolute Gasteiger partial charge is 0.0952 e. The zero-order valence-corrected chi connectivity index (χ0v) is 7.55. The molecule has 0 spiro atoms. The summed E-state index contributed by atoms with van der Waals surface area (Å²) in [5.74, 6) is 0.984. The first-order chi connectivity index (χ1) is 5.24. The molecule has 11 heavy (non-hydrogen) atoms. The monoisotopic (exact) mass is 155 g/mol. The van der Waals surface area contributed by atoms with Crippen LogP contribution >= 0.6 is 0 Å². The summed E-state index contributed by atoms with van der Waals surface area (Å²) >= 11 is 0. The fraction of sp³-hybridized carbons (Fsp3) is 0.556. The van der Waals surface area contributed by atoms with E-state index in [1.165, 1.54) is 0 Å². The summed E-state index contributed by atoms with van der Waals surface area (Å²) in [6, 6.07) is 0. The molecule has 0 aliphatic carbocycles. The van der Waals surface area contributed by atoms with Gasteiger partial charge >= 0.3 is 0 Å². The average Bonchev–Trinajstić information content (AvgIpc) is 2.06. The molecule has 0 aliphatic heterocycles. The van der Waals surface area contributed by atoms with Gasteiger partial charge in [0.2, 0.25) is 0 Å². The molecule has 0 aromatic heterocycles. The van der Waals surface area contributed by atoms with Gasteiger partial charge in [-0.3, -0.25) is 0 Å². The fourth-order valence-corrected chi connectivity index (χ4v) is 0.633. The fourth-order valence-electron chi connectivity index (χ4n) is 0.633. The molecule has 0 bridgehead atoms. The quantitative estimate of drug-likeness (QED) is 0.496. The largest absolute Gasteiger partial charge is 0.501 e. The van der Waals surface area contributed by atoms with Gasteiger partial charge in [0.05, 0.1) is 12.9 Å². The van der Waals surface area contributed by atoms with Crippen molar-refractivity contribution in [1.29, 1.82) is 0 Å². The van der Waals surface area contributed by atoms with Crippen LogP contribution in [0.15, 0.2) is 23.5 Å². The first-order valence-electron chi connectivity index (χ1n) is 3.85. The SMILES string of the molecule is CCC(=CC=C(C)CN)OC. The highest BCUT2D eigenvalue weighted by molar-refractivity contribution is 5.13. The molecule has 0 fully saturated rings. The van der Waals surface area contributed by atoms with Gasteiger partial charge in [0.15, 0.2) is 0 Å². The van der Waals surface area contributed by atoms with Crippen LogP contribution in [0.3, 0.4) is 0 Å². The Morgan fingerprint density at radius 2 is 2.09 bits per heavy atom. The van der Waals surface area contributed by atoms with E-state index in [-0.39, 0.29) is 0 Å². The summed E-state index contributed by atoms with van der Waals surface area (Å²) in [6.45, 7) is 4.66. The van der Waals surface area contributed by atoms with Gasteiger partial charge in [-0.1, -0.05) is 18.6 Å². The Balaban J connectivity index is 4.06. The van der Waals surface area contributed by atoms with Crippen LogP contribution in [0, 0.1) is 0 Å². The maximum absolute atomic E-state index is 5.40. The number of hydrogen-bond acceptors (Lipinski definition) is 2. The van der Waals surface area contributed by atoms with Crippen LogP contribution in [0.1, 0.15) is 20.3 Å². The standard InChI is InChI=1S/C9H17NO/c1-4-9(11-3)6-5-8(2)7-10/h5-6H,4,7,10H2,1-3H3. The minimum Gasteiger partial charge on any atom is -0.501 e. The van der Waals surface area contributed by atoms with Crippen LogP contribution in [0.25, 0.3) is 0 Å². The Labute approximate surface area is 68.7 Å². The number of allylic oxidation sites excluding steroid dienone is 3. The third kappa shape index (κ3) is 4.62. The molecule has 0 rings (SSSR count). The third-order valence-electron chi connectivity index (χ3n) is 1.49. The number of methoxy groups -OCH3 is 1. The van der Waals surface area contributed by atoms with Gasteiger partial charge in [-0.25, -0.2) is 0 Å². The molecule has 0 heterocycles. The van der Waals surface area contributed by atoms with Gasteiger partial charge in [-0.15, -0.1) is 0 Å². The van der Waals surface area contributed by atoms with Crippen molar-refractivity contribution >= 4 is 0 Å². The topological polar surface area (TPSA) is 35.2 Å². The van der Waals surface area contributed by atoms with E-state index in [0.717, 1.165) is 17.8 Å². The lowest BCUT2D eigenvalue weighted by molar-refractivity contribution is 0.281. The normalized spacial score (nSPS) is 13.5. The molecule has 0 amide bonds. The van der Waals surface area contributed by atoms with E-state index in [1.54, 1.807) is 7.11 Å². The molecule has 0 radical (unpaired) electrons. The molecule has 0 atom stereocenters. The maximum atomic E-state index is 5.40. The molecule has 0 aliphatic rings. The van der Waals surface area contributed by atoms with Gasteiger partial charge < -0.3 is 10.5 Å². The second-order valence-corrected chi connectivity index (χ2v) is 2.41. The highest BCUT2D eigenvalue weighted by Gasteiger charge is 1.87. The van der Waals surface area contributed by atoms with Gasteiger partial charge in [0.25, 0.3) is 0 Å². The number of rotatable bonds is 4. The van der Waals surface area contributed by atoms with Gasteiger partial charge in [-0.05, 0) is 13.0 Å². The van der Waals surface area contributed by atoms with E-state index in [4.69, 9.17) is 10.5 Å².